The predicted octanol–water partition coefficient (Wildman–Crippen LogP) is 1.85. The minimum absolute atomic E-state index is 0.215. The maximum absolute atomic E-state index is 12.0. The summed E-state index contributed by atoms with van der Waals surface area (Å²) in [7, 11) is 0. The first-order valence-corrected chi connectivity index (χ1v) is 5.14. The molecule has 4 N–H and O–H groups in total. The Morgan fingerprint density at radius 2 is 2.06 bits per heavy atom. The van der Waals surface area contributed by atoms with Gasteiger partial charge < -0.3 is 15.5 Å². The van der Waals surface area contributed by atoms with Gasteiger partial charge in [0.2, 0.25) is 0 Å². The monoisotopic (exact) mass is 245 g/mol. The molecule has 0 atom stereocenters. The van der Waals surface area contributed by atoms with Crippen molar-refractivity contribution in [2.24, 2.45) is 0 Å². The highest BCUT2D eigenvalue weighted by Crippen LogP contribution is 2.27. The van der Waals surface area contributed by atoms with Gasteiger partial charge in [0.05, 0.1) is 6.54 Å². The van der Waals surface area contributed by atoms with Crippen LogP contribution < -0.4 is 10.5 Å². The quantitative estimate of drug-likeness (QED) is 0.851. The Morgan fingerprint density at radius 3 is 2.71 bits per heavy atom. The van der Waals surface area contributed by atoms with Crippen molar-refractivity contribution in [3.8, 4) is 5.75 Å². The molecule has 2 aromatic rings. The fraction of sp³-hybridized carbons (Fsp3) is 0.273. The number of benzene rings is 1. The zero-order valence-corrected chi connectivity index (χ0v) is 8.97. The Bertz CT molecular complexity index is 519. The summed E-state index contributed by atoms with van der Waals surface area (Å²) in [6.45, 7) is 0.744. The van der Waals surface area contributed by atoms with E-state index in [-0.39, 0.29) is 5.75 Å². The third-order valence-electron chi connectivity index (χ3n) is 2.42. The maximum atomic E-state index is 12.0. The molecule has 1 aromatic heterocycles. The standard InChI is InChI=1S/C11H11F3N2O/c12-11(13,14)17-8-1-2-9-7(3-4-15)6-16-10(9)5-8/h1-2,5-6,16H,3-4,15H2/p+1. The van der Waals surface area contributed by atoms with Gasteiger partial charge in [0.1, 0.15) is 5.75 Å². The summed E-state index contributed by atoms with van der Waals surface area (Å²) >= 11 is 0. The highest BCUT2D eigenvalue weighted by molar-refractivity contribution is 5.84. The van der Waals surface area contributed by atoms with E-state index in [2.05, 4.69) is 15.5 Å². The van der Waals surface area contributed by atoms with Crippen LogP contribution >= 0.6 is 0 Å². The second-order valence-corrected chi connectivity index (χ2v) is 3.67. The molecule has 3 nitrogen and oxygen atoms in total. The van der Waals surface area contributed by atoms with Crippen molar-refractivity contribution in [3.63, 3.8) is 0 Å². The number of halogens is 3. The van der Waals surface area contributed by atoms with Crippen LogP contribution in [0.2, 0.25) is 0 Å². The van der Waals surface area contributed by atoms with Gasteiger partial charge in [0.15, 0.2) is 0 Å². The molecule has 0 aliphatic carbocycles. The minimum Gasteiger partial charge on any atom is -0.406 e. The van der Waals surface area contributed by atoms with Gasteiger partial charge in [-0.15, -0.1) is 13.2 Å². The Morgan fingerprint density at radius 1 is 1.29 bits per heavy atom. The summed E-state index contributed by atoms with van der Waals surface area (Å²) in [4.78, 5) is 2.92. The molecular formula is C11H12F3N2O+. The molecule has 0 fully saturated rings. The van der Waals surface area contributed by atoms with Gasteiger partial charge in [-0.25, -0.2) is 0 Å². The van der Waals surface area contributed by atoms with E-state index in [4.69, 9.17) is 0 Å². The molecule has 0 aliphatic rings. The second-order valence-electron chi connectivity index (χ2n) is 3.67. The summed E-state index contributed by atoms with van der Waals surface area (Å²) in [5.41, 5.74) is 5.43. The van der Waals surface area contributed by atoms with E-state index in [0.29, 0.717) is 5.52 Å². The van der Waals surface area contributed by atoms with Crippen molar-refractivity contribution in [2.45, 2.75) is 12.8 Å². The van der Waals surface area contributed by atoms with Crippen LogP contribution in [0.25, 0.3) is 10.9 Å². The fourth-order valence-corrected chi connectivity index (χ4v) is 1.76. The topological polar surface area (TPSA) is 52.7 Å². The number of nitrogens with one attached hydrogen (secondary N) is 1. The van der Waals surface area contributed by atoms with Crippen LogP contribution in [0, 0.1) is 0 Å². The molecule has 0 saturated heterocycles. The molecule has 0 saturated carbocycles. The molecular weight excluding hydrogens is 233 g/mol. The van der Waals surface area contributed by atoms with Crippen LogP contribution in [-0.4, -0.2) is 17.9 Å². The van der Waals surface area contributed by atoms with Gasteiger partial charge in [-0.05, 0) is 17.7 Å². The predicted molar refractivity (Wildman–Crippen MR) is 56.4 cm³/mol. The number of rotatable bonds is 3. The molecule has 0 bridgehead atoms. The molecule has 0 spiro atoms. The SMILES string of the molecule is [NH3+]CCc1c[nH]c2cc(OC(F)(F)F)ccc12. The van der Waals surface area contributed by atoms with E-state index < -0.39 is 6.36 Å². The minimum atomic E-state index is -4.66. The highest BCUT2D eigenvalue weighted by atomic mass is 19.4. The number of fused-ring (bicyclic) bond motifs is 1. The molecule has 1 aromatic carbocycles. The Kier molecular flexibility index (Phi) is 2.97. The van der Waals surface area contributed by atoms with Crippen LogP contribution in [0.3, 0.4) is 0 Å². The van der Waals surface area contributed by atoms with Crippen molar-refractivity contribution >= 4 is 10.9 Å². The molecule has 0 radical (unpaired) electrons. The van der Waals surface area contributed by atoms with Crippen LogP contribution in [0.5, 0.6) is 5.75 Å². The zero-order chi connectivity index (χ0) is 12.5. The highest BCUT2D eigenvalue weighted by Gasteiger charge is 2.31. The fourth-order valence-electron chi connectivity index (χ4n) is 1.76. The van der Waals surface area contributed by atoms with Crippen molar-refractivity contribution in [3.05, 3.63) is 30.0 Å². The van der Waals surface area contributed by atoms with E-state index >= 15 is 0 Å². The van der Waals surface area contributed by atoms with Crippen LogP contribution in [-0.2, 0) is 6.42 Å². The molecule has 6 heteroatoms. The summed E-state index contributed by atoms with van der Waals surface area (Å²) in [5, 5.41) is 0.906. The number of H-pyrrole nitrogens is 1. The number of aromatic amines is 1. The van der Waals surface area contributed by atoms with Crippen LogP contribution in [0.1, 0.15) is 5.56 Å². The van der Waals surface area contributed by atoms with Gasteiger partial charge in [0, 0.05) is 29.6 Å². The summed E-state index contributed by atoms with van der Waals surface area (Å²) in [5.74, 6) is -0.215. The average molecular weight is 245 g/mol. The van der Waals surface area contributed by atoms with Gasteiger partial charge in [-0.1, -0.05) is 0 Å². The van der Waals surface area contributed by atoms with Gasteiger partial charge >= 0.3 is 6.36 Å². The molecule has 0 amide bonds. The number of hydrogen-bond donors (Lipinski definition) is 2. The number of quaternary nitrogens is 1. The smallest absolute Gasteiger partial charge is 0.406 e. The lowest BCUT2D eigenvalue weighted by Gasteiger charge is -2.08. The Labute approximate surface area is 95.4 Å². The largest absolute Gasteiger partial charge is 0.573 e. The zero-order valence-electron chi connectivity index (χ0n) is 8.97. The molecule has 1 heterocycles. The first-order valence-electron chi connectivity index (χ1n) is 5.14. The molecule has 17 heavy (non-hydrogen) atoms. The molecule has 92 valence electrons. The molecule has 0 unspecified atom stereocenters. The summed E-state index contributed by atoms with van der Waals surface area (Å²) in [6, 6.07) is 4.28. The lowest BCUT2D eigenvalue weighted by Crippen LogP contribution is -2.51. The van der Waals surface area contributed by atoms with Crippen LogP contribution in [0.15, 0.2) is 24.4 Å². The van der Waals surface area contributed by atoms with Crippen molar-refractivity contribution in [1.29, 1.82) is 0 Å². The molecule has 0 aliphatic heterocycles. The van der Waals surface area contributed by atoms with Crippen molar-refractivity contribution in [1.82, 2.24) is 4.98 Å². The second kappa shape index (κ2) is 4.29. The van der Waals surface area contributed by atoms with E-state index in [1.165, 1.54) is 12.1 Å². The number of hydrogen-bond acceptors (Lipinski definition) is 1. The first-order chi connectivity index (χ1) is 7.99. The van der Waals surface area contributed by atoms with E-state index in [9.17, 15) is 13.2 Å². The Balaban J connectivity index is 2.32. The first kappa shape index (κ1) is 11.8. The van der Waals surface area contributed by atoms with E-state index in [1.807, 2.05) is 0 Å². The third-order valence-corrected chi connectivity index (χ3v) is 2.42. The third kappa shape index (κ3) is 2.71. The van der Waals surface area contributed by atoms with Gasteiger partial charge in [-0.2, -0.15) is 0 Å². The van der Waals surface area contributed by atoms with E-state index in [0.717, 1.165) is 23.9 Å². The maximum Gasteiger partial charge on any atom is 0.573 e. The van der Waals surface area contributed by atoms with Gasteiger partial charge in [-0.3, -0.25) is 0 Å². The lowest BCUT2D eigenvalue weighted by atomic mass is 10.1. The average Bonchev–Trinajstić information content (AvgIpc) is 2.59. The Hall–Kier alpha value is -1.69. The van der Waals surface area contributed by atoms with Crippen LogP contribution in [0.4, 0.5) is 13.2 Å². The molecule has 2 rings (SSSR count). The normalized spacial score (nSPS) is 12.0. The number of ether oxygens (including phenoxy) is 1. The summed E-state index contributed by atoms with van der Waals surface area (Å²) < 4.78 is 39.9. The number of alkyl halides is 3. The van der Waals surface area contributed by atoms with E-state index in [1.54, 1.807) is 12.3 Å². The summed E-state index contributed by atoms with van der Waals surface area (Å²) in [6.07, 6.45) is -2.08. The lowest BCUT2D eigenvalue weighted by molar-refractivity contribution is -0.366. The van der Waals surface area contributed by atoms with Crippen molar-refractivity contribution in [2.75, 3.05) is 6.54 Å². The van der Waals surface area contributed by atoms with Gasteiger partial charge in [0.25, 0.3) is 0 Å². The van der Waals surface area contributed by atoms with Crippen molar-refractivity contribution < 1.29 is 23.6 Å². The number of aromatic nitrogens is 1.